The standard InChI is InChI=1S/C14H23N3O3/c18-13(19)9-3-4-10(8-9)15-14(20)16-11-5-7-17-6-1-2-12(11)17/h9-12H,1-8H2,(H,18,19)(H2,15,16,20). The van der Waals surface area contributed by atoms with E-state index in [0.717, 1.165) is 25.9 Å². The summed E-state index contributed by atoms with van der Waals surface area (Å²) in [4.78, 5) is 25.4. The van der Waals surface area contributed by atoms with Crippen molar-refractivity contribution >= 4 is 12.0 Å². The van der Waals surface area contributed by atoms with E-state index in [1.54, 1.807) is 0 Å². The van der Waals surface area contributed by atoms with E-state index in [0.29, 0.717) is 18.9 Å². The van der Waals surface area contributed by atoms with E-state index in [2.05, 4.69) is 15.5 Å². The van der Waals surface area contributed by atoms with Crippen molar-refractivity contribution in [3.05, 3.63) is 0 Å². The molecule has 3 N–H and O–H groups in total. The lowest BCUT2D eigenvalue weighted by Gasteiger charge is -2.22. The predicted octanol–water partition coefficient (Wildman–Crippen LogP) is 0.776. The molecular formula is C14H23N3O3. The van der Waals surface area contributed by atoms with Gasteiger partial charge in [0.25, 0.3) is 0 Å². The van der Waals surface area contributed by atoms with Crippen LogP contribution in [-0.4, -0.2) is 53.2 Å². The molecule has 2 aliphatic heterocycles. The highest BCUT2D eigenvalue weighted by atomic mass is 16.4. The molecule has 4 atom stereocenters. The van der Waals surface area contributed by atoms with Gasteiger partial charge in [0.1, 0.15) is 0 Å². The largest absolute Gasteiger partial charge is 0.481 e. The molecule has 0 aromatic rings. The van der Waals surface area contributed by atoms with E-state index < -0.39 is 5.97 Å². The Kier molecular flexibility index (Phi) is 3.83. The molecule has 2 amide bonds. The van der Waals surface area contributed by atoms with Crippen molar-refractivity contribution in [2.24, 2.45) is 5.92 Å². The van der Waals surface area contributed by atoms with Crippen LogP contribution < -0.4 is 10.6 Å². The first-order valence-electron chi connectivity index (χ1n) is 7.67. The summed E-state index contributed by atoms with van der Waals surface area (Å²) in [6.07, 6.45) is 5.43. The summed E-state index contributed by atoms with van der Waals surface area (Å²) in [5.74, 6) is -1.04. The normalized spacial score (nSPS) is 36.8. The highest BCUT2D eigenvalue weighted by molar-refractivity contribution is 5.75. The Morgan fingerprint density at radius 3 is 2.65 bits per heavy atom. The topological polar surface area (TPSA) is 81.7 Å². The molecule has 3 aliphatic rings. The highest BCUT2D eigenvalue weighted by Crippen LogP contribution is 2.28. The molecule has 0 aromatic carbocycles. The van der Waals surface area contributed by atoms with Crippen molar-refractivity contribution in [1.29, 1.82) is 0 Å². The van der Waals surface area contributed by atoms with Crippen LogP contribution in [0.4, 0.5) is 4.79 Å². The fourth-order valence-electron chi connectivity index (χ4n) is 3.98. The molecule has 6 heteroatoms. The number of carbonyl (C=O) groups excluding carboxylic acids is 1. The van der Waals surface area contributed by atoms with Crippen molar-refractivity contribution < 1.29 is 14.7 Å². The zero-order chi connectivity index (χ0) is 14.1. The first kappa shape index (κ1) is 13.7. The first-order chi connectivity index (χ1) is 9.63. The number of nitrogens with zero attached hydrogens (tertiary/aromatic N) is 1. The van der Waals surface area contributed by atoms with Gasteiger partial charge in [0.15, 0.2) is 0 Å². The van der Waals surface area contributed by atoms with E-state index >= 15 is 0 Å². The number of urea groups is 1. The molecule has 3 rings (SSSR count). The second-order valence-electron chi connectivity index (χ2n) is 6.30. The summed E-state index contributed by atoms with van der Waals surface area (Å²) < 4.78 is 0. The van der Waals surface area contributed by atoms with Gasteiger partial charge in [-0.2, -0.15) is 0 Å². The molecular weight excluding hydrogens is 258 g/mol. The zero-order valence-electron chi connectivity index (χ0n) is 11.7. The summed E-state index contributed by atoms with van der Waals surface area (Å²) in [6, 6.07) is 0.655. The van der Waals surface area contributed by atoms with Crippen molar-refractivity contribution in [2.75, 3.05) is 13.1 Å². The SMILES string of the molecule is O=C(NC1CCC(C(=O)O)C1)NC1CCN2CCCC12. The summed E-state index contributed by atoms with van der Waals surface area (Å²) in [5.41, 5.74) is 0. The summed E-state index contributed by atoms with van der Waals surface area (Å²) in [6.45, 7) is 2.24. The van der Waals surface area contributed by atoms with Crippen LogP contribution in [0.2, 0.25) is 0 Å². The third-order valence-corrected chi connectivity index (χ3v) is 5.04. The number of carbonyl (C=O) groups is 2. The lowest BCUT2D eigenvalue weighted by atomic mass is 10.1. The molecule has 3 fully saturated rings. The molecule has 1 saturated carbocycles. The van der Waals surface area contributed by atoms with Crippen LogP contribution >= 0.6 is 0 Å². The maximum absolute atomic E-state index is 12.0. The summed E-state index contributed by atoms with van der Waals surface area (Å²) >= 11 is 0. The van der Waals surface area contributed by atoms with Gasteiger partial charge in [0, 0.05) is 24.7 Å². The molecule has 4 unspecified atom stereocenters. The Morgan fingerprint density at radius 1 is 1.05 bits per heavy atom. The Morgan fingerprint density at radius 2 is 1.90 bits per heavy atom. The maximum atomic E-state index is 12.0. The summed E-state index contributed by atoms with van der Waals surface area (Å²) in [7, 11) is 0. The molecule has 0 bridgehead atoms. The van der Waals surface area contributed by atoms with E-state index in [9.17, 15) is 9.59 Å². The van der Waals surface area contributed by atoms with Gasteiger partial charge in [-0.1, -0.05) is 0 Å². The average molecular weight is 281 g/mol. The van der Waals surface area contributed by atoms with Gasteiger partial charge < -0.3 is 15.7 Å². The quantitative estimate of drug-likeness (QED) is 0.714. The van der Waals surface area contributed by atoms with Crippen molar-refractivity contribution in [2.45, 2.75) is 56.7 Å². The lowest BCUT2D eigenvalue weighted by molar-refractivity contribution is -0.141. The number of amides is 2. The van der Waals surface area contributed by atoms with Crippen LogP contribution in [0.15, 0.2) is 0 Å². The van der Waals surface area contributed by atoms with Gasteiger partial charge in [-0.15, -0.1) is 0 Å². The number of nitrogens with one attached hydrogen (secondary N) is 2. The third kappa shape index (κ3) is 2.75. The van der Waals surface area contributed by atoms with Crippen LogP contribution in [-0.2, 0) is 4.79 Å². The molecule has 2 saturated heterocycles. The highest BCUT2D eigenvalue weighted by Gasteiger charge is 2.38. The van der Waals surface area contributed by atoms with Crippen LogP contribution in [0, 0.1) is 5.92 Å². The van der Waals surface area contributed by atoms with Gasteiger partial charge in [0.2, 0.25) is 0 Å². The number of carboxylic acids is 1. The van der Waals surface area contributed by atoms with E-state index in [-0.39, 0.29) is 24.0 Å². The van der Waals surface area contributed by atoms with Crippen LogP contribution in [0.3, 0.4) is 0 Å². The maximum Gasteiger partial charge on any atom is 0.315 e. The van der Waals surface area contributed by atoms with Gasteiger partial charge in [-0.3, -0.25) is 9.69 Å². The fourth-order valence-corrected chi connectivity index (χ4v) is 3.98. The zero-order valence-corrected chi connectivity index (χ0v) is 11.7. The first-order valence-corrected chi connectivity index (χ1v) is 7.67. The lowest BCUT2D eigenvalue weighted by Crippen LogP contribution is -2.49. The van der Waals surface area contributed by atoms with Crippen LogP contribution in [0.1, 0.15) is 38.5 Å². The minimum Gasteiger partial charge on any atom is -0.481 e. The smallest absolute Gasteiger partial charge is 0.315 e. The van der Waals surface area contributed by atoms with E-state index in [1.165, 1.54) is 12.8 Å². The van der Waals surface area contributed by atoms with E-state index in [4.69, 9.17) is 5.11 Å². The Labute approximate surface area is 118 Å². The molecule has 112 valence electrons. The minimum absolute atomic E-state index is 0.0113. The van der Waals surface area contributed by atoms with E-state index in [1.807, 2.05) is 0 Å². The molecule has 6 nitrogen and oxygen atoms in total. The van der Waals surface area contributed by atoms with Crippen LogP contribution in [0.5, 0.6) is 0 Å². The van der Waals surface area contributed by atoms with Crippen LogP contribution in [0.25, 0.3) is 0 Å². The Hall–Kier alpha value is -1.30. The average Bonchev–Trinajstić information content (AvgIpc) is 3.07. The third-order valence-electron chi connectivity index (χ3n) is 5.04. The number of hydrogen-bond acceptors (Lipinski definition) is 3. The van der Waals surface area contributed by atoms with Gasteiger partial charge in [-0.25, -0.2) is 4.79 Å². The molecule has 0 radical (unpaired) electrons. The van der Waals surface area contributed by atoms with Crippen molar-refractivity contribution in [3.8, 4) is 0 Å². The molecule has 1 aliphatic carbocycles. The Bertz CT molecular complexity index is 401. The molecule has 0 spiro atoms. The predicted molar refractivity (Wildman–Crippen MR) is 73.4 cm³/mol. The number of fused-ring (bicyclic) bond motifs is 1. The molecule has 2 heterocycles. The second kappa shape index (κ2) is 5.60. The molecule has 20 heavy (non-hydrogen) atoms. The Balaban J connectivity index is 1.45. The summed E-state index contributed by atoms with van der Waals surface area (Å²) in [5, 5.41) is 15.0. The van der Waals surface area contributed by atoms with Crippen molar-refractivity contribution in [1.82, 2.24) is 15.5 Å². The van der Waals surface area contributed by atoms with Crippen molar-refractivity contribution in [3.63, 3.8) is 0 Å². The number of hydrogen-bond donors (Lipinski definition) is 3. The number of rotatable bonds is 3. The van der Waals surface area contributed by atoms with Gasteiger partial charge in [-0.05, 0) is 45.1 Å². The van der Waals surface area contributed by atoms with Gasteiger partial charge >= 0.3 is 12.0 Å². The second-order valence-corrected chi connectivity index (χ2v) is 6.30. The monoisotopic (exact) mass is 281 g/mol. The minimum atomic E-state index is -0.743. The number of aliphatic carboxylic acids is 1. The molecule has 0 aromatic heterocycles. The fraction of sp³-hybridized carbons (Fsp3) is 0.857. The van der Waals surface area contributed by atoms with Gasteiger partial charge in [0.05, 0.1) is 5.92 Å². The number of carboxylic acid groups (broad SMARTS) is 1.